The maximum atomic E-state index is 13.5. The van der Waals surface area contributed by atoms with Crippen molar-refractivity contribution in [2.24, 2.45) is 5.41 Å². The van der Waals surface area contributed by atoms with Crippen molar-refractivity contribution in [1.82, 2.24) is 9.55 Å². The van der Waals surface area contributed by atoms with E-state index in [-0.39, 0.29) is 30.8 Å². The number of benzene rings is 2. The molecule has 3 aromatic rings. The van der Waals surface area contributed by atoms with Crippen molar-refractivity contribution >= 4 is 34.5 Å². The number of aryl methyl sites for hydroxylation is 1. The standard InChI is InChI=1S/C27H29N3O7/c1-15(31)36-13-23-29-22-11-17-7-10-21(28-18-8-5-16(6-9-18)25(33)34)19(17)12-20(22)24(32)30(23)14-37-26(35)27(2,3)4/h5-6,8-9,11-12,21,28H,7,10,13-14H2,1-4H3,(H,33,34). The second kappa shape index (κ2) is 10.0. The highest BCUT2D eigenvalue weighted by Crippen LogP contribution is 2.35. The van der Waals surface area contributed by atoms with Crippen molar-refractivity contribution < 1.29 is 29.0 Å². The number of nitrogens with one attached hydrogen (secondary N) is 1. The van der Waals surface area contributed by atoms with Gasteiger partial charge in [-0.15, -0.1) is 0 Å². The van der Waals surface area contributed by atoms with E-state index < -0.39 is 28.9 Å². The summed E-state index contributed by atoms with van der Waals surface area (Å²) in [7, 11) is 0. The minimum absolute atomic E-state index is 0.0811. The van der Waals surface area contributed by atoms with Gasteiger partial charge >= 0.3 is 17.9 Å². The van der Waals surface area contributed by atoms with Crippen molar-refractivity contribution in [3.05, 3.63) is 69.3 Å². The summed E-state index contributed by atoms with van der Waals surface area (Å²) in [6, 6.07) is 10.1. The molecule has 194 valence electrons. The van der Waals surface area contributed by atoms with Gasteiger partial charge in [0, 0.05) is 12.6 Å². The van der Waals surface area contributed by atoms with Crippen molar-refractivity contribution in [2.45, 2.75) is 59.9 Å². The number of fused-ring (bicyclic) bond motifs is 2. The van der Waals surface area contributed by atoms with Gasteiger partial charge in [-0.3, -0.25) is 19.0 Å². The molecule has 0 amide bonds. The number of hydrogen-bond donors (Lipinski definition) is 2. The maximum absolute atomic E-state index is 13.5. The molecule has 0 saturated heterocycles. The Kier molecular flexibility index (Phi) is 7.02. The number of rotatable bonds is 7. The second-order valence-electron chi connectivity index (χ2n) is 10.0. The number of aromatic carboxylic acids is 1. The van der Waals surface area contributed by atoms with Gasteiger partial charge in [-0.1, -0.05) is 0 Å². The van der Waals surface area contributed by atoms with Gasteiger partial charge in [0.1, 0.15) is 6.61 Å². The first-order valence-corrected chi connectivity index (χ1v) is 11.9. The topological polar surface area (TPSA) is 137 Å². The number of carboxylic acids is 1. The van der Waals surface area contributed by atoms with Gasteiger partial charge in [0.2, 0.25) is 0 Å². The first-order chi connectivity index (χ1) is 17.4. The van der Waals surface area contributed by atoms with E-state index in [1.54, 1.807) is 39.0 Å². The number of aromatic nitrogens is 2. The minimum atomic E-state index is -0.991. The van der Waals surface area contributed by atoms with Crippen LogP contribution >= 0.6 is 0 Å². The van der Waals surface area contributed by atoms with E-state index >= 15 is 0 Å². The summed E-state index contributed by atoms with van der Waals surface area (Å²) in [6.07, 6.45) is 1.55. The second-order valence-corrected chi connectivity index (χ2v) is 10.0. The lowest BCUT2D eigenvalue weighted by atomic mass is 9.98. The van der Waals surface area contributed by atoms with Crippen LogP contribution in [0.2, 0.25) is 0 Å². The predicted octanol–water partition coefficient (Wildman–Crippen LogP) is 3.80. The van der Waals surface area contributed by atoms with E-state index in [0.29, 0.717) is 10.9 Å². The molecule has 0 fully saturated rings. The Labute approximate surface area is 213 Å². The van der Waals surface area contributed by atoms with Crippen LogP contribution in [0.15, 0.2) is 41.2 Å². The fourth-order valence-corrected chi connectivity index (χ4v) is 4.18. The highest BCUT2D eigenvalue weighted by atomic mass is 16.5. The van der Waals surface area contributed by atoms with Gasteiger partial charge in [0.15, 0.2) is 12.6 Å². The molecule has 2 N–H and O–H groups in total. The number of anilines is 1. The summed E-state index contributed by atoms with van der Waals surface area (Å²) in [4.78, 5) is 53.0. The lowest BCUT2D eigenvalue weighted by molar-refractivity contribution is -0.157. The quantitative estimate of drug-likeness (QED) is 0.457. The van der Waals surface area contributed by atoms with E-state index in [4.69, 9.17) is 14.6 Å². The first-order valence-electron chi connectivity index (χ1n) is 11.9. The summed E-state index contributed by atoms with van der Waals surface area (Å²) in [5, 5.41) is 12.9. The number of hydrogen-bond acceptors (Lipinski definition) is 8. The molecule has 1 aliphatic rings. The van der Waals surface area contributed by atoms with Crippen molar-refractivity contribution in [2.75, 3.05) is 5.32 Å². The number of carbonyl (C=O) groups is 3. The van der Waals surface area contributed by atoms with Crippen LogP contribution in [0.4, 0.5) is 5.69 Å². The van der Waals surface area contributed by atoms with Crippen LogP contribution in [0.3, 0.4) is 0 Å². The van der Waals surface area contributed by atoms with Gasteiger partial charge in [-0.05, 0) is 81.1 Å². The highest BCUT2D eigenvalue weighted by Gasteiger charge is 2.26. The molecule has 1 unspecified atom stereocenters. The highest BCUT2D eigenvalue weighted by molar-refractivity contribution is 5.88. The van der Waals surface area contributed by atoms with Gasteiger partial charge in [-0.2, -0.15) is 0 Å². The zero-order chi connectivity index (χ0) is 26.9. The summed E-state index contributed by atoms with van der Waals surface area (Å²) < 4.78 is 11.7. The molecular weight excluding hydrogens is 478 g/mol. The van der Waals surface area contributed by atoms with E-state index in [0.717, 1.165) is 29.7 Å². The normalized spacial score (nSPS) is 14.8. The van der Waals surface area contributed by atoms with Crippen molar-refractivity contribution in [3.63, 3.8) is 0 Å². The Bertz CT molecular complexity index is 1440. The fraction of sp³-hybridized carbons (Fsp3) is 0.370. The van der Waals surface area contributed by atoms with E-state index in [2.05, 4.69) is 10.3 Å². The zero-order valence-electron chi connectivity index (χ0n) is 21.2. The molecule has 10 nitrogen and oxygen atoms in total. The third kappa shape index (κ3) is 5.63. The maximum Gasteiger partial charge on any atom is 0.335 e. The van der Waals surface area contributed by atoms with Gasteiger partial charge < -0.3 is 19.9 Å². The summed E-state index contributed by atoms with van der Waals surface area (Å²) in [5.74, 6) is -1.81. The Morgan fingerprint density at radius 1 is 1.14 bits per heavy atom. The molecule has 1 heterocycles. The van der Waals surface area contributed by atoms with Crippen LogP contribution in [0.5, 0.6) is 0 Å². The van der Waals surface area contributed by atoms with E-state index in [1.807, 2.05) is 6.07 Å². The average molecular weight is 508 g/mol. The number of ether oxygens (including phenoxy) is 2. The third-order valence-electron chi connectivity index (χ3n) is 6.19. The molecule has 0 radical (unpaired) electrons. The molecule has 10 heteroatoms. The zero-order valence-corrected chi connectivity index (χ0v) is 21.2. The Balaban J connectivity index is 1.70. The predicted molar refractivity (Wildman–Crippen MR) is 135 cm³/mol. The van der Waals surface area contributed by atoms with Crippen LogP contribution < -0.4 is 10.9 Å². The summed E-state index contributed by atoms with van der Waals surface area (Å²) in [5.41, 5.74) is 2.25. The Hall–Kier alpha value is -4.21. The molecule has 0 saturated carbocycles. The lowest BCUT2D eigenvalue weighted by Gasteiger charge is -2.19. The molecule has 0 bridgehead atoms. The summed E-state index contributed by atoms with van der Waals surface area (Å²) in [6.45, 7) is 5.80. The first kappa shape index (κ1) is 25.9. The smallest absolute Gasteiger partial charge is 0.335 e. The van der Waals surface area contributed by atoms with Crippen LogP contribution in [0, 0.1) is 5.41 Å². The van der Waals surface area contributed by atoms with Crippen molar-refractivity contribution in [3.8, 4) is 0 Å². The van der Waals surface area contributed by atoms with E-state index in [9.17, 15) is 19.2 Å². The van der Waals surface area contributed by atoms with E-state index in [1.165, 1.54) is 23.6 Å². The molecule has 1 aromatic heterocycles. The molecule has 0 spiro atoms. The Morgan fingerprint density at radius 3 is 2.46 bits per heavy atom. The number of carbonyl (C=O) groups excluding carboxylic acids is 2. The van der Waals surface area contributed by atoms with Crippen LogP contribution in [-0.4, -0.2) is 32.6 Å². The SMILES string of the molecule is CC(=O)OCc1nc2cc3c(cc2c(=O)n1COC(=O)C(C)(C)C)C(Nc1ccc(C(=O)O)cc1)CC3. The molecule has 0 aliphatic heterocycles. The molecule has 1 aliphatic carbocycles. The Morgan fingerprint density at radius 2 is 1.84 bits per heavy atom. The average Bonchev–Trinajstić information content (AvgIpc) is 3.22. The molecule has 1 atom stereocenters. The van der Waals surface area contributed by atoms with Crippen LogP contribution in [0.25, 0.3) is 10.9 Å². The summed E-state index contributed by atoms with van der Waals surface area (Å²) >= 11 is 0. The van der Waals surface area contributed by atoms with Crippen molar-refractivity contribution in [1.29, 1.82) is 0 Å². The number of carboxylic acid groups (broad SMARTS) is 1. The van der Waals surface area contributed by atoms with Gasteiger partial charge in [-0.25, -0.2) is 9.78 Å². The molecule has 37 heavy (non-hydrogen) atoms. The number of esters is 2. The number of nitrogens with zero attached hydrogens (tertiary/aromatic N) is 2. The fourth-order valence-electron chi connectivity index (χ4n) is 4.18. The molecule has 2 aromatic carbocycles. The van der Waals surface area contributed by atoms with Gasteiger partial charge in [0.25, 0.3) is 5.56 Å². The monoisotopic (exact) mass is 507 g/mol. The van der Waals surface area contributed by atoms with Crippen LogP contribution in [-0.2, 0) is 38.8 Å². The molecule has 4 rings (SSSR count). The minimum Gasteiger partial charge on any atom is -0.478 e. The largest absolute Gasteiger partial charge is 0.478 e. The lowest BCUT2D eigenvalue weighted by Crippen LogP contribution is -2.31. The van der Waals surface area contributed by atoms with Crippen LogP contribution in [0.1, 0.15) is 67.5 Å². The molecular formula is C27H29N3O7. The third-order valence-corrected chi connectivity index (χ3v) is 6.19. The van der Waals surface area contributed by atoms with Gasteiger partial charge in [0.05, 0.1) is 27.9 Å².